The van der Waals surface area contributed by atoms with Gasteiger partial charge in [0.15, 0.2) is 0 Å². The Labute approximate surface area is 150 Å². The minimum absolute atomic E-state index is 0.200. The van der Waals surface area contributed by atoms with E-state index in [-0.39, 0.29) is 22.5 Å². The van der Waals surface area contributed by atoms with Crippen LogP contribution in [-0.4, -0.2) is 14.4 Å². The third-order valence-corrected chi connectivity index (χ3v) is 5.41. The number of aliphatic imine (C=N–C) groups is 1. The molecule has 0 spiro atoms. The van der Waals surface area contributed by atoms with E-state index >= 15 is 0 Å². The average Bonchev–Trinajstić information content (AvgIpc) is 3.14. The van der Waals surface area contributed by atoms with Crippen molar-refractivity contribution in [2.75, 3.05) is 0 Å². The monoisotopic (exact) mass is 380 g/mol. The van der Waals surface area contributed by atoms with E-state index in [0.717, 1.165) is 17.3 Å². The summed E-state index contributed by atoms with van der Waals surface area (Å²) >= 11 is 8.52. The van der Waals surface area contributed by atoms with Gasteiger partial charge >= 0.3 is 5.88 Å². The van der Waals surface area contributed by atoms with Crippen molar-refractivity contribution < 1.29 is 14.1 Å². The van der Waals surface area contributed by atoms with Crippen molar-refractivity contribution >= 4 is 56.6 Å². The van der Waals surface area contributed by atoms with E-state index in [1.54, 1.807) is 6.07 Å². The molecule has 1 aliphatic rings. The van der Waals surface area contributed by atoms with Crippen LogP contribution in [0.1, 0.15) is 11.3 Å². The summed E-state index contributed by atoms with van der Waals surface area (Å²) in [6.45, 7) is 0. The van der Waals surface area contributed by atoms with Gasteiger partial charge in [0.05, 0.1) is 6.07 Å². The summed E-state index contributed by atoms with van der Waals surface area (Å²) in [6, 6.07) is 10.1. The molecule has 0 bridgehead atoms. The van der Waals surface area contributed by atoms with Gasteiger partial charge in [-0.1, -0.05) is 41.6 Å². The molecular formula is C15H9ClN2O4S2. The van der Waals surface area contributed by atoms with Gasteiger partial charge in [-0.3, -0.25) is 14.9 Å². The molecular weight excluding hydrogens is 372 g/mol. The number of nitrogens with zero attached hydrogens (tertiary/aromatic N) is 2. The number of hydrogen-bond donors (Lipinski definition) is 0. The Morgan fingerprint density at radius 1 is 1.33 bits per heavy atom. The summed E-state index contributed by atoms with van der Waals surface area (Å²) in [5.74, 6) is 0.433. The van der Waals surface area contributed by atoms with Gasteiger partial charge in [0, 0.05) is 16.9 Å². The highest BCUT2D eigenvalue weighted by Crippen LogP contribution is 2.34. The summed E-state index contributed by atoms with van der Waals surface area (Å²) in [5, 5.41) is 11.0. The maximum atomic E-state index is 12.0. The molecule has 1 aromatic heterocycles. The topological polar surface area (TPSA) is 85.7 Å². The molecule has 24 heavy (non-hydrogen) atoms. The minimum Gasteiger partial charge on any atom is -0.401 e. The van der Waals surface area contributed by atoms with Crippen molar-refractivity contribution in [3.8, 4) is 0 Å². The van der Waals surface area contributed by atoms with E-state index in [0.29, 0.717) is 15.2 Å². The number of rotatable bonds is 4. The first-order valence-electron chi connectivity index (χ1n) is 6.66. The van der Waals surface area contributed by atoms with Crippen LogP contribution in [0.4, 0.5) is 5.88 Å². The average molecular weight is 381 g/mol. The zero-order valence-corrected chi connectivity index (χ0v) is 14.4. The second-order valence-electron chi connectivity index (χ2n) is 4.61. The van der Waals surface area contributed by atoms with E-state index < -0.39 is 4.92 Å². The summed E-state index contributed by atoms with van der Waals surface area (Å²) in [5.41, 5.74) is 1.16. The molecule has 0 saturated carbocycles. The van der Waals surface area contributed by atoms with Crippen LogP contribution in [0.25, 0.3) is 6.08 Å². The molecule has 1 aliphatic heterocycles. The number of halogens is 1. The highest BCUT2D eigenvalue weighted by atomic mass is 35.5. The van der Waals surface area contributed by atoms with Gasteiger partial charge in [-0.15, -0.1) is 0 Å². The van der Waals surface area contributed by atoms with E-state index in [2.05, 4.69) is 4.99 Å². The summed E-state index contributed by atoms with van der Waals surface area (Å²) in [4.78, 5) is 26.2. The quantitative estimate of drug-likeness (QED) is 0.432. The summed E-state index contributed by atoms with van der Waals surface area (Å²) < 4.78 is 5.61. The van der Waals surface area contributed by atoms with Crippen LogP contribution in [0, 0.1) is 10.1 Å². The van der Waals surface area contributed by atoms with Crippen LogP contribution in [-0.2, 0) is 10.5 Å². The van der Waals surface area contributed by atoms with Crippen LogP contribution in [0.2, 0.25) is 5.02 Å². The Morgan fingerprint density at radius 2 is 2.12 bits per heavy atom. The van der Waals surface area contributed by atoms with E-state index in [9.17, 15) is 14.9 Å². The van der Waals surface area contributed by atoms with Crippen molar-refractivity contribution in [2.45, 2.75) is 5.75 Å². The van der Waals surface area contributed by atoms with Crippen LogP contribution in [0.5, 0.6) is 0 Å². The number of benzene rings is 1. The largest absolute Gasteiger partial charge is 0.433 e. The second-order valence-corrected chi connectivity index (χ2v) is 7.20. The van der Waals surface area contributed by atoms with Gasteiger partial charge in [0.25, 0.3) is 0 Å². The highest BCUT2D eigenvalue weighted by Gasteiger charge is 2.23. The molecule has 0 unspecified atom stereocenters. The molecule has 0 fully saturated rings. The van der Waals surface area contributed by atoms with Crippen molar-refractivity contribution in [1.82, 2.24) is 0 Å². The molecule has 0 N–H and O–H groups in total. The predicted octanol–water partition coefficient (Wildman–Crippen LogP) is 4.74. The summed E-state index contributed by atoms with van der Waals surface area (Å²) in [7, 11) is 0. The molecule has 2 heterocycles. The molecule has 0 amide bonds. The molecule has 9 heteroatoms. The Kier molecular flexibility index (Phi) is 5.08. The molecule has 0 aliphatic carbocycles. The van der Waals surface area contributed by atoms with Gasteiger partial charge in [-0.2, -0.15) is 0 Å². The van der Waals surface area contributed by atoms with E-state index in [4.69, 9.17) is 16.0 Å². The number of carbonyl (C=O) groups is 1. The minimum atomic E-state index is -0.638. The number of thioether (sulfide) groups is 2. The fourth-order valence-corrected chi connectivity index (χ4v) is 3.99. The summed E-state index contributed by atoms with van der Waals surface area (Å²) in [6.07, 6.45) is 1.39. The predicted molar refractivity (Wildman–Crippen MR) is 96.1 cm³/mol. The lowest BCUT2D eigenvalue weighted by Crippen LogP contribution is -1.88. The first-order valence-corrected chi connectivity index (χ1v) is 8.84. The molecule has 0 saturated heterocycles. The van der Waals surface area contributed by atoms with Gasteiger partial charge in [0.2, 0.25) is 5.12 Å². The standard InChI is InChI=1S/C15H9ClN2O4S2/c16-11-4-2-1-3-9(11)8-23-15-17-12(14(19)24-15)7-10-5-6-13(22-10)18(20)21/h1-7H,8H2/b12-7-. The lowest BCUT2D eigenvalue weighted by atomic mass is 10.2. The van der Waals surface area contributed by atoms with Crippen LogP contribution in [0.15, 0.2) is 51.5 Å². The van der Waals surface area contributed by atoms with Crippen molar-refractivity contribution in [1.29, 1.82) is 0 Å². The highest BCUT2D eigenvalue weighted by molar-refractivity contribution is 8.45. The zero-order chi connectivity index (χ0) is 17.1. The van der Waals surface area contributed by atoms with Crippen LogP contribution < -0.4 is 0 Å². The molecule has 6 nitrogen and oxygen atoms in total. The Bertz CT molecular complexity index is 876. The SMILES string of the molecule is O=C1SC(SCc2ccccc2Cl)=N/C1=C\c1ccc([N+](=O)[O-])o1. The molecule has 3 rings (SSSR count). The third-order valence-electron chi connectivity index (χ3n) is 2.98. The lowest BCUT2D eigenvalue weighted by Gasteiger charge is -2.02. The van der Waals surface area contributed by atoms with Gasteiger partial charge < -0.3 is 4.42 Å². The van der Waals surface area contributed by atoms with E-state index in [1.165, 1.54) is 30.0 Å². The van der Waals surface area contributed by atoms with Crippen LogP contribution in [0.3, 0.4) is 0 Å². The molecule has 122 valence electrons. The molecule has 1 aromatic carbocycles. The van der Waals surface area contributed by atoms with Crippen molar-refractivity contribution in [2.24, 2.45) is 4.99 Å². The van der Waals surface area contributed by atoms with Crippen molar-refractivity contribution in [3.05, 3.63) is 68.6 Å². The Hall–Kier alpha value is -2.03. The zero-order valence-electron chi connectivity index (χ0n) is 12.0. The fraction of sp³-hybridized carbons (Fsp3) is 0.0667. The Morgan fingerprint density at radius 3 is 2.83 bits per heavy atom. The smallest absolute Gasteiger partial charge is 0.401 e. The van der Waals surface area contributed by atoms with Gasteiger partial charge in [0.1, 0.15) is 20.8 Å². The third kappa shape index (κ3) is 3.89. The Balaban J connectivity index is 1.71. The fourth-order valence-electron chi connectivity index (χ4n) is 1.86. The van der Waals surface area contributed by atoms with Gasteiger partial charge in [-0.25, -0.2) is 4.99 Å². The number of hydrogen-bond acceptors (Lipinski definition) is 7. The normalized spacial score (nSPS) is 15.8. The first kappa shape index (κ1) is 16.8. The maximum absolute atomic E-state index is 12.0. The van der Waals surface area contributed by atoms with E-state index in [1.807, 2.05) is 18.2 Å². The van der Waals surface area contributed by atoms with Crippen LogP contribution >= 0.6 is 35.1 Å². The molecule has 0 atom stereocenters. The number of furan rings is 1. The second kappa shape index (κ2) is 7.25. The number of carbonyl (C=O) groups excluding carboxylic acids is 1. The first-order chi connectivity index (χ1) is 11.5. The molecule has 2 aromatic rings. The lowest BCUT2D eigenvalue weighted by molar-refractivity contribution is -0.402. The number of nitro groups is 1. The van der Waals surface area contributed by atoms with Crippen molar-refractivity contribution in [3.63, 3.8) is 0 Å². The maximum Gasteiger partial charge on any atom is 0.433 e. The van der Waals surface area contributed by atoms with Gasteiger partial charge in [-0.05, 0) is 29.5 Å². The molecule has 0 radical (unpaired) electrons.